The Morgan fingerprint density at radius 1 is 1.13 bits per heavy atom. The molecular weight excluding hydrogens is 288 g/mol. The molecule has 1 aromatic heterocycles. The standard InChI is InChI=1S/C19H20N2O2/c1-21(19(22)16-8-4-6-10-18(16)23-2)12-11-14-13-20-17-9-5-3-7-15(14)17/h3-10,13,20H,11-12H2,1-2H3. The van der Waals surface area contributed by atoms with E-state index < -0.39 is 0 Å². The van der Waals surface area contributed by atoms with Crippen LogP contribution in [0.2, 0.25) is 0 Å². The van der Waals surface area contributed by atoms with Crippen molar-refractivity contribution in [2.45, 2.75) is 6.42 Å². The van der Waals surface area contributed by atoms with Crippen LogP contribution in [0.1, 0.15) is 15.9 Å². The van der Waals surface area contributed by atoms with E-state index in [1.165, 1.54) is 10.9 Å². The minimum atomic E-state index is -0.0257. The predicted octanol–water partition coefficient (Wildman–Crippen LogP) is 3.49. The van der Waals surface area contributed by atoms with E-state index in [0.717, 1.165) is 11.9 Å². The number of hydrogen-bond donors (Lipinski definition) is 1. The molecule has 1 heterocycles. The Balaban J connectivity index is 1.72. The molecule has 118 valence electrons. The first-order valence-corrected chi connectivity index (χ1v) is 7.64. The number of nitrogens with one attached hydrogen (secondary N) is 1. The Bertz CT molecular complexity index is 823. The predicted molar refractivity (Wildman–Crippen MR) is 92.0 cm³/mol. The highest BCUT2D eigenvalue weighted by molar-refractivity contribution is 5.96. The molecule has 3 aromatic rings. The molecular formula is C19H20N2O2. The number of aromatic nitrogens is 1. The van der Waals surface area contributed by atoms with Crippen LogP contribution >= 0.6 is 0 Å². The molecule has 23 heavy (non-hydrogen) atoms. The molecule has 3 rings (SSSR count). The maximum Gasteiger partial charge on any atom is 0.257 e. The van der Waals surface area contributed by atoms with Crippen LogP contribution < -0.4 is 4.74 Å². The van der Waals surface area contributed by atoms with Gasteiger partial charge in [-0.15, -0.1) is 0 Å². The number of methoxy groups -OCH3 is 1. The second-order valence-corrected chi connectivity index (χ2v) is 5.54. The molecule has 0 saturated heterocycles. The van der Waals surface area contributed by atoms with E-state index in [4.69, 9.17) is 4.74 Å². The summed E-state index contributed by atoms with van der Waals surface area (Å²) in [5.41, 5.74) is 2.94. The SMILES string of the molecule is COc1ccccc1C(=O)N(C)CCc1c[nH]c2ccccc12. The van der Waals surface area contributed by atoms with Gasteiger partial charge in [0.2, 0.25) is 0 Å². The van der Waals surface area contributed by atoms with Crippen molar-refractivity contribution in [3.05, 3.63) is 65.9 Å². The molecule has 0 fully saturated rings. The zero-order valence-electron chi connectivity index (χ0n) is 13.4. The molecule has 0 atom stereocenters. The summed E-state index contributed by atoms with van der Waals surface area (Å²) in [4.78, 5) is 17.6. The van der Waals surface area contributed by atoms with Crippen molar-refractivity contribution in [2.24, 2.45) is 0 Å². The summed E-state index contributed by atoms with van der Waals surface area (Å²) in [5, 5.41) is 1.21. The van der Waals surface area contributed by atoms with Crippen LogP contribution in [0.5, 0.6) is 5.75 Å². The summed E-state index contributed by atoms with van der Waals surface area (Å²) in [7, 11) is 3.40. The lowest BCUT2D eigenvalue weighted by Gasteiger charge is -2.18. The van der Waals surface area contributed by atoms with Crippen LogP contribution in [0.4, 0.5) is 0 Å². The van der Waals surface area contributed by atoms with Crippen molar-refractivity contribution in [1.29, 1.82) is 0 Å². The highest BCUT2D eigenvalue weighted by atomic mass is 16.5. The molecule has 4 nitrogen and oxygen atoms in total. The lowest BCUT2D eigenvalue weighted by atomic mass is 10.1. The number of rotatable bonds is 5. The third-order valence-corrected chi connectivity index (χ3v) is 4.08. The summed E-state index contributed by atoms with van der Waals surface area (Å²) >= 11 is 0. The Morgan fingerprint density at radius 2 is 1.87 bits per heavy atom. The van der Waals surface area contributed by atoms with Crippen LogP contribution in [0.25, 0.3) is 10.9 Å². The monoisotopic (exact) mass is 308 g/mol. The van der Waals surface area contributed by atoms with Crippen molar-refractivity contribution >= 4 is 16.8 Å². The minimum Gasteiger partial charge on any atom is -0.496 e. The van der Waals surface area contributed by atoms with E-state index in [2.05, 4.69) is 17.1 Å². The molecule has 1 N–H and O–H groups in total. The molecule has 0 saturated carbocycles. The highest BCUT2D eigenvalue weighted by Gasteiger charge is 2.16. The van der Waals surface area contributed by atoms with Crippen LogP contribution in [0.3, 0.4) is 0 Å². The average Bonchev–Trinajstić information content (AvgIpc) is 3.02. The number of benzene rings is 2. The largest absolute Gasteiger partial charge is 0.496 e. The van der Waals surface area contributed by atoms with Gasteiger partial charge in [0, 0.05) is 30.7 Å². The van der Waals surface area contributed by atoms with Crippen molar-refractivity contribution in [3.63, 3.8) is 0 Å². The molecule has 0 unspecified atom stereocenters. The Labute approximate surface area is 135 Å². The van der Waals surface area contributed by atoms with E-state index in [-0.39, 0.29) is 5.91 Å². The third-order valence-electron chi connectivity index (χ3n) is 4.08. The number of H-pyrrole nitrogens is 1. The van der Waals surface area contributed by atoms with E-state index >= 15 is 0 Å². The number of aromatic amines is 1. The maximum absolute atomic E-state index is 12.6. The van der Waals surface area contributed by atoms with Gasteiger partial charge in [-0.25, -0.2) is 0 Å². The minimum absolute atomic E-state index is 0.0257. The zero-order chi connectivity index (χ0) is 16.2. The van der Waals surface area contributed by atoms with E-state index in [1.807, 2.05) is 37.5 Å². The van der Waals surface area contributed by atoms with Crippen LogP contribution in [-0.4, -0.2) is 36.5 Å². The van der Waals surface area contributed by atoms with E-state index in [1.54, 1.807) is 24.1 Å². The highest BCUT2D eigenvalue weighted by Crippen LogP contribution is 2.20. The van der Waals surface area contributed by atoms with Gasteiger partial charge in [-0.3, -0.25) is 4.79 Å². The van der Waals surface area contributed by atoms with Gasteiger partial charge in [-0.2, -0.15) is 0 Å². The average molecular weight is 308 g/mol. The quantitative estimate of drug-likeness (QED) is 0.784. The molecule has 1 amide bonds. The smallest absolute Gasteiger partial charge is 0.257 e. The van der Waals surface area contributed by atoms with Crippen molar-refractivity contribution in [1.82, 2.24) is 9.88 Å². The summed E-state index contributed by atoms with van der Waals surface area (Å²) in [5.74, 6) is 0.582. The van der Waals surface area contributed by atoms with Crippen molar-refractivity contribution in [3.8, 4) is 5.75 Å². The first-order valence-electron chi connectivity index (χ1n) is 7.64. The molecule has 4 heteroatoms. The summed E-state index contributed by atoms with van der Waals surface area (Å²) in [6.45, 7) is 0.652. The maximum atomic E-state index is 12.6. The fourth-order valence-electron chi connectivity index (χ4n) is 2.76. The number of nitrogens with zero attached hydrogens (tertiary/aromatic N) is 1. The Kier molecular flexibility index (Phi) is 4.33. The molecule has 0 spiro atoms. The van der Waals surface area contributed by atoms with Crippen LogP contribution in [0.15, 0.2) is 54.7 Å². The molecule has 0 radical (unpaired) electrons. The summed E-state index contributed by atoms with van der Waals surface area (Å²) in [6.07, 6.45) is 2.83. The number of ether oxygens (including phenoxy) is 1. The zero-order valence-corrected chi connectivity index (χ0v) is 13.4. The van der Waals surface area contributed by atoms with Gasteiger partial charge in [0.25, 0.3) is 5.91 Å². The fraction of sp³-hybridized carbons (Fsp3) is 0.211. The molecule has 0 bridgehead atoms. The third kappa shape index (κ3) is 3.06. The van der Waals surface area contributed by atoms with Gasteiger partial charge in [0.1, 0.15) is 5.75 Å². The number of carbonyl (C=O) groups excluding carboxylic acids is 1. The normalized spacial score (nSPS) is 10.7. The Hall–Kier alpha value is -2.75. The first kappa shape index (κ1) is 15.2. The lowest BCUT2D eigenvalue weighted by Crippen LogP contribution is -2.29. The van der Waals surface area contributed by atoms with Gasteiger partial charge in [-0.1, -0.05) is 30.3 Å². The van der Waals surface area contributed by atoms with Crippen molar-refractivity contribution < 1.29 is 9.53 Å². The number of para-hydroxylation sites is 2. The molecule has 0 aliphatic rings. The second-order valence-electron chi connectivity index (χ2n) is 5.54. The van der Waals surface area contributed by atoms with E-state index in [9.17, 15) is 4.79 Å². The summed E-state index contributed by atoms with van der Waals surface area (Å²) in [6, 6.07) is 15.5. The number of likely N-dealkylation sites (N-methyl/N-ethyl adjacent to an activating group) is 1. The van der Waals surface area contributed by atoms with Gasteiger partial charge < -0.3 is 14.6 Å². The number of fused-ring (bicyclic) bond motifs is 1. The topological polar surface area (TPSA) is 45.3 Å². The number of carbonyl (C=O) groups is 1. The van der Waals surface area contributed by atoms with Crippen LogP contribution in [0, 0.1) is 0 Å². The number of hydrogen-bond acceptors (Lipinski definition) is 2. The second kappa shape index (κ2) is 6.57. The number of amides is 1. The van der Waals surface area contributed by atoms with Gasteiger partial charge in [0.15, 0.2) is 0 Å². The van der Waals surface area contributed by atoms with Gasteiger partial charge in [0.05, 0.1) is 12.7 Å². The van der Waals surface area contributed by atoms with Gasteiger partial charge in [-0.05, 0) is 30.2 Å². The lowest BCUT2D eigenvalue weighted by molar-refractivity contribution is 0.0793. The molecule has 2 aromatic carbocycles. The summed E-state index contributed by atoms with van der Waals surface area (Å²) < 4.78 is 5.27. The molecule has 0 aliphatic heterocycles. The van der Waals surface area contributed by atoms with E-state index in [0.29, 0.717) is 17.9 Å². The first-order chi connectivity index (χ1) is 11.2. The van der Waals surface area contributed by atoms with Crippen molar-refractivity contribution in [2.75, 3.05) is 20.7 Å². The molecule has 0 aliphatic carbocycles. The fourth-order valence-corrected chi connectivity index (χ4v) is 2.76. The van der Waals surface area contributed by atoms with Crippen LogP contribution in [-0.2, 0) is 6.42 Å². The Morgan fingerprint density at radius 3 is 2.70 bits per heavy atom. The van der Waals surface area contributed by atoms with Gasteiger partial charge >= 0.3 is 0 Å².